The number of benzene rings is 1. The molecule has 0 aliphatic rings. The molecule has 29 heavy (non-hydrogen) atoms. The Kier molecular flexibility index (Phi) is 7.38. The molecule has 0 unspecified atom stereocenters. The van der Waals surface area contributed by atoms with E-state index in [1.165, 1.54) is 23.8 Å². The number of rotatable bonds is 8. The van der Waals surface area contributed by atoms with Crippen molar-refractivity contribution in [2.45, 2.75) is 6.92 Å². The average Bonchev–Trinajstić information content (AvgIpc) is 2.72. The maximum Gasteiger partial charge on any atom is 0.343 e. The van der Waals surface area contributed by atoms with Crippen LogP contribution in [0.2, 0.25) is 0 Å². The predicted molar refractivity (Wildman–Crippen MR) is 108 cm³/mol. The topological polar surface area (TPSA) is 83.8 Å². The molecule has 1 aromatic heterocycles. The van der Waals surface area contributed by atoms with Crippen LogP contribution in [0.15, 0.2) is 41.2 Å². The van der Waals surface area contributed by atoms with Crippen LogP contribution >= 0.6 is 0 Å². The van der Waals surface area contributed by atoms with Crippen molar-refractivity contribution in [1.29, 1.82) is 0 Å². The Bertz CT molecular complexity index is 1040. The van der Waals surface area contributed by atoms with E-state index >= 15 is 0 Å². The monoisotopic (exact) mass is 395 g/mol. The van der Waals surface area contributed by atoms with Crippen LogP contribution in [0.1, 0.15) is 21.6 Å². The van der Waals surface area contributed by atoms with Gasteiger partial charge in [-0.3, -0.25) is 9.59 Å². The number of terminal acetylenes is 1. The number of ketones is 1. The Labute approximate surface area is 168 Å². The van der Waals surface area contributed by atoms with Gasteiger partial charge in [-0.15, -0.1) is 6.42 Å². The van der Waals surface area contributed by atoms with E-state index in [1.54, 1.807) is 44.3 Å². The molecule has 0 fully saturated rings. The van der Waals surface area contributed by atoms with Crippen molar-refractivity contribution in [3.05, 3.63) is 63.6 Å². The van der Waals surface area contributed by atoms with Gasteiger partial charge in [-0.05, 0) is 30.7 Å². The summed E-state index contributed by atoms with van der Waals surface area (Å²) in [4.78, 5) is 36.4. The normalized spacial score (nSPS) is 10.4. The van der Waals surface area contributed by atoms with Crippen molar-refractivity contribution in [2.24, 2.45) is 7.05 Å². The number of methoxy groups -OCH3 is 1. The summed E-state index contributed by atoms with van der Waals surface area (Å²) in [7, 11) is 2.85. The lowest BCUT2D eigenvalue weighted by atomic mass is 10.1. The van der Waals surface area contributed by atoms with Gasteiger partial charge in [0.1, 0.15) is 23.7 Å². The summed E-state index contributed by atoms with van der Waals surface area (Å²) >= 11 is 0. The van der Waals surface area contributed by atoms with E-state index in [0.29, 0.717) is 17.0 Å². The molecule has 0 spiro atoms. The molecule has 0 saturated carbocycles. The number of ether oxygens (including phenoxy) is 3. The number of hydrogen-bond donors (Lipinski definition) is 0. The largest absolute Gasteiger partial charge is 0.482 e. The Hall–Kier alpha value is -3.79. The number of carbonyl (C=O) groups is 2. The van der Waals surface area contributed by atoms with Crippen molar-refractivity contribution < 1.29 is 23.8 Å². The summed E-state index contributed by atoms with van der Waals surface area (Å²) in [5, 5.41) is 0. The minimum Gasteiger partial charge on any atom is -0.482 e. The van der Waals surface area contributed by atoms with E-state index in [4.69, 9.17) is 15.9 Å². The van der Waals surface area contributed by atoms with E-state index in [-0.39, 0.29) is 24.5 Å². The van der Waals surface area contributed by atoms with Crippen LogP contribution in [0.5, 0.6) is 11.5 Å². The first-order chi connectivity index (χ1) is 13.9. The number of nitrogens with zero attached hydrogens (tertiary/aromatic N) is 1. The third-order valence-electron chi connectivity index (χ3n) is 4.06. The van der Waals surface area contributed by atoms with Gasteiger partial charge in [0.25, 0.3) is 5.56 Å². The van der Waals surface area contributed by atoms with Gasteiger partial charge in [-0.2, -0.15) is 0 Å². The number of pyridine rings is 1. The molecule has 0 radical (unpaired) electrons. The van der Waals surface area contributed by atoms with Crippen molar-refractivity contribution >= 4 is 17.8 Å². The molecule has 1 heterocycles. The summed E-state index contributed by atoms with van der Waals surface area (Å²) < 4.78 is 16.6. The number of hydrogen-bond acceptors (Lipinski definition) is 6. The highest BCUT2D eigenvalue weighted by atomic mass is 16.6. The summed E-state index contributed by atoms with van der Waals surface area (Å²) in [5.41, 5.74) is 0.721. The Morgan fingerprint density at radius 2 is 2.00 bits per heavy atom. The quantitative estimate of drug-likeness (QED) is 0.295. The number of carbonyl (C=O) groups excluding carboxylic acids is 2. The van der Waals surface area contributed by atoms with Crippen molar-refractivity contribution in [1.82, 2.24) is 4.57 Å². The molecule has 0 atom stereocenters. The lowest BCUT2D eigenvalue weighted by Gasteiger charge is -2.11. The van der Waals surface area contributed by atoms with Crippen LogP contribution in [-0.4, -0.2) is 36.6 Å². The first kappa shape index (κ1) is 21.5. The molecule has 0 bridgehead atoms. The van der Waals surface area contributed by atoms with Gasteiger partial charge in [-0.1, -0.05) is 24.1 Å². The van der Waals surface area contributed by atoms with E-state index < -0.39 is 17.3 Å². The summed E-state index contributed by atoms with van der Waals surface area (Å²) in [6.45, 7) is 1.45. The van der Waals surface area contributed by atoms with Gasteiger partial charge in [0.15, 0.2) is 12.4 Å². The lowest BCUT2D eigenvalue weighted by Crippen LogP contribution is -2.26. The SMILES string of the molecule is C#CCOc1cc(C)n(C)c(=O)c1C(=O)/C=C/c1cccc(OCC(=O)OC)c1. The molecule has 0 aliphatic heterocycles. The molecule has 7 heteroatoms. The van der Waals surface area contributed by atoms with Crippen LogP contribution in [-0.2, 0) is 16.6 Å². The van der Waals surface area contributed by atoms with Gasteiger partial charge in [-0.25, -0.2) is 4.79 Å². The van der Waals surface area contributed by atoms with E-state index in [9.17, 15) is 14.4 Å². The molecule has 0 saturated heterocycles. The Morgan fingerprint density at radius 3 is 2.69 bits per heavy atom. The summed E-state index contributed by atoms with van der Waals surface area (Å²) in [6, 6.07) is 8.38. The molecule has 150 valence electrons. The second kappa shape index (κ2) is 9.95. The maximum atomic E-state index is 12.7. The maximum absolute atomic E-state index is 12.7. The van der Waals surface area contributed by atoms with Crippen molar-refractivity contribution in [2.75, 3.05) is 20.3 Å². The van der Waals surface area contributed by atoms with E-state index in [2.05, 4.69) is 10.7 Å². The number of allylic oxidation sites excluding steroid dienone is 1. The number of aromatic nitrogens is 1. The van der Waals surface area contributed by atoms with Crippen LogP contribution in [0.4, 0.5) is 0 Å². The molecule has 0 aliphatic carbocycles. The highest BCUT2D eigenvalue weighted by Crippen LogP contribution is 2.19. The average molecular weight is 395 g/mol. The lowest BCUT2D eigenvalue weighted by molar-refractivity contribution is -0.142. The fraction of sp³-hybridized carbons (Fsp3) is 0.227. The van der Waals surface area contributed by atoms with Crippen LogP contribution in [0.25, 0.3) is 6.08 Å². The second-order valence-corrected chi connectivity index (χ2v) is 6.02. The van der Waals surface area contributed by atoms with Crippen molar-refractivity contribution in [3.63, 3.8) is 0 Å². The fourth-order valence-electron chi connectivity index (χ4n) is 2.42. The zero-order valence-corrected chi connectivity index (χ0v) is 16.4. The molecule has 2 rings (SSSR count). The van der Waals surface area contributed by atoms with Crippen molar-refractivity contribution in [3.8, 4) is 23.8 Å². The molecule has 7 nitrogen and oxygen atoms in total. The van der Waals surface area contributed by atoms with Crippen LogP contribution in [0.3, 0.4) is 0 Å². The van der Waals surface area contributed by atoms with Gasteiger partial charge in [0.2, 0.25) is 0 Å². The molecule has 0 amide bonds. The number of aryl methyl sites for hydroxylation is 1. The molecular weight excluding hydrogens is 374 g/mol. The molecule has 1 aromatic carbocycles. The third-order valence-corrected chi connectivity index (χ3v) is 4.06. The first-order valence-corrected chi connectivity index (χ1v) is 8.66. The zero-order chi connectivity index (χ0) is 21.4. The summed E-state index contributed by atoms with van der Waals surface area (Å²) in [5.74, 6) is 1.88. The zero-order valence-electron chi connectivity index (χ0n) is 16.4. The van der Waals surface area contributed by atoms with E-state index in [1.807, 2.05) is 0 Å². The molecule has 0 N–H and O–H groups in total. The van der Waals surface area contributed by atoms with Gasteiger partial charge >= 0.3 is 5.97 Å². The highest BCUT2D eigenvalue weighted by molar-refractivity contribution is 6.08. The second-order valence-electron chi connectivity index (χ2n) is 6.02. The Morgan fingerprint density at radius 1 is 1.24 bits per heavy atom. The fourth-order valence-corrected chi connectivity index (χ4v) is 2.42. The van der Waals surface area contributed by atoms with Gasteiger partial charge in [0.05, 0.1) is 7.11 Å². The minimum absolute atomic E-state index is 0.0593. The van der Waals surface area contributed by atoms with Gasteiger partial charge in [0, 0.05) is 18.8 Å². The van der Waals surface area contributed by atoms with E-state index in [0.717, 1.165) is 0 Å². The molecule has 2 aromatic rings. The minimum atomic E-state index is -0.515. The Balaban J connectivity index is 2.27. The van der Waals surface area contributed by atoms with Crippen LogP contribution in [0, 0.1) is 19.3 Å². The highest BCUT2D eigenvalue weighted by Gasteiger charge is 2.18. The molecular formula is C22H21NO6. The third kappa shape index (κ3) is 5.59. The smallest absolute Gasteiger partial charge is 0.343 e. The van der Waals surface area contributed by atoms with Crippen LogP contribution < -0.4 is 15.0 Å². The first-order valence-electron chi connectivity index (χ1n) is 8.66. The predicted octanol–water partition coefficient (Wildman–Crippen LogP) is 2.15. The number of esters is 1. The summed E-state index contributed by atoms with van der Waals surface area (Å²) in [6.07, 6.45) is 8.02. The van der Waals surface area contributed by atoms with Gasteiger partial charge < -0.3 is 18.8 Å². The standard InChI is InChI=1S/C22H21NO6/c1-5-11-28-19-12-15(2)23(3)22(26)21(19)18(24)10-9-16-7-6-8-17(13-16)29-14-20(25)27-4/h1,6-10,12-13H,11,14H2,2-4H3/b10-9+.